The van der Waals surface area contributed by atoms with Crippen LogP contribution >= 0.6 is 12.2 Å². The van der Waals surface area contributed by atoms with E-state index in [-0.39, 0.29) is 27.9 Å². The number of carbonyl (C=O) groups is 1. The predicted molar refractivity (Wildman–Crippen MR) is 96.8 cm³/mol. The standard InChI is InChI=1S/C17H16F3N3O3S/c1-9(2)26-14-4-3-11(6-13(14)17(18,19)20)22-16(27)23-15(25)10-5-12(24)8-21-7-10/h3-9,24H,1-2H3,(H2,22,23,25,27). The lowest BCUT2D eigenvalue weighted by Gasteiger charge is -2.18. The van der Waals surface area contributed by atoms with Gasteiger partial charge in [0.05, 0.1) is 23.4 Å². The van der Waals surface area contributed by atoms with Crippen LogP contribution in [0.5, 0.6) is 11.5 Å². The molecule has 144 valence electrons. The van der Waals surface area contributed by atoms with Crippen molar-refractivity contribution in [1.82, 2.24) is 10.3 Å². The van der Waals surface area contributed by atoms with E-state index >= 15 is 0 Å². The van der Waals surface area contributed by atoms with Crippen LogP contribution in [0.3, 0.4) is 0 Å². The smallest absolute Gasteiger partial charge is 0.420 e. The lowest BCUT2D eigenvalue weighted by molar-refractivity contribution is -0.139. The van der Waals surface area contributed by atoms with Gasteiger partial charge in [0.2, 0.25) is 0 Å². The number of hydrogen-bond donors (Lipinski definition) is 3. The maximum atomic E-state index is 13.2. The second kappa shape index (κ2) is 8.21. The minimum absolute atomic E-state index is 0.0257. The first kappa shape index (κ1) is 20.4. The molecule has 3 N–H and O–H groups in total. The molecule has 0 atom stereocenters. The van der Waals surface area contributed by atoms with Crippen molar-refractivity contribution in [3.05, 3.63) is 47.8 Å². The van der Waals surface area contributed by atoms with Crippen molar-refractivity contribution < 1.29 is 27.8 Å². The molecule has 1 aromatic carbocycles. The van der Waals surface area contributed by atoms with E-state index in [1.165, 1.54) is 24.4 Å². The highest BCUT2D eigenvalue weighted by Crippen LogP contribution is 2.38. The summed E-state index contributed by atoms with van der Waals surface area (Å²) >= 11 is 4.95. The van der Waals surface area contributed by atoms with Crippen LogP contribution in [-0.4, -0.2) is 27.2 Å². The maximum Gasteiger partial charge on any atom is 0.420 e. The molecule has 0 fully saturated rings. The Morgan fingerprint density at radius 3 is 2.56 bits per heavy atom. The zero-order valence-electron chi connectivity index (χ0n) is 14.3. The fraction of sp³-hybridized carbons (Fsp3) is 0.235. The molecule has 2 rings (SSSR count). The second-order valence-electron chi connectivity index (χ2n) is 5.72. The molecule has 2 aromatic rings. The maximum absolute atomic E-state index is 13.2. The molecule has 0 aliphatic heterocycles. The number of aromatic hydroxyl groups is 1. The number of hydrogen-bond acceptors (Lipinski definition) is 5. The average Bonchev–Trinajstić information content (AvgIpc) is 2.54. The molecule has 0 aliphatic carbocycles. The number of thiocarbonyl (C=S) groups is 1. The summed E-state index contributed by atoms with van der Waals surface area (Å²) in [4.78, 5) is 15.7. The Morgan fingerprint density at radius 1 is 1.26 bits per heavy atom. The predicted octanol–water partition coefficient (Wildman–Crippen LogP) is 3.72. The van der Waals surface area contributed by atoms with Crippen LogP contribution in [-0.2, 0) is 6.18 Å². The minimum Gasteiger partial charge on any atom is -0.506 e. The molecule has 1 amide bonds. The highest BCUT2D eigenvalue weighted by molar-refractivity contribution is 7.80. The Bertz CT molecular complexity index is 857. The van der Waals surface area contributed by atoms with Crippen LogP contribution in [0.25, 0.3) is 0 Å². The van der Waals surface area contributed by atoms with Gasteiger partial charge in [0.25, 0.3) is 5.91 Å². The van der Waals surface area contributed by atoms with Crippen molar-refractivity contribution in [2.24, 2.45) is 0 Å². The molecule has 6 nitrogen and oxygen atoms in total. The van der Waals surface area contributed by atoms with Crippen LogP contribution in [0, 0.1) is 0 Å². The Labute approximate surface area is 158 Å². The lowest BCUT2D eigenvalue weighted by atomic mass is 10.1. The summed E-state index contributed by atoms with van der Waals surface area (Å²) in [6.45, 7) is 3.24. The second-order valence-corrected chi connectivity index (χ2v) is 6.12. The number of halogens is 3. The largest absolute Gasteiger partial charge is 0.506 e. The van der Waals surface area contributed by atoms with E-state index in [2.05, 4.69) is 15.6 Å². The van der Waals surface area contributed by atoms with Gasteiger partial charge >= 0.3 is 6.18 Å². The Kier molecular flexibility index (Phi) is 6.21. The summed E-state index contributed by atoms with van der Waals surface area (Å²) in [6, 6.07) is 4.53. The van der Waals surface area contributed by atoms with Crippen molar-refractivity contribution in [2.45, 2.75) is 26.1 Å². The van der Waals surface area contributed by atoms with Gasteiger partial charge in [-0.2, -0.15) is 13.2 Å². The number of amides is 1. The van der Waals surface area contributed by atoms with E-state index < -0.39 is 23.8 Å². The van der Waals surface area contributed by atoms with E-state index in [4.69, 9.17) is 17.0 Å². The third-order valence-electron chi connectivity index (χ3n) is 3.12. The van der Waals surface area contributed by atoms with Gasteiger partial charge in [-0.05, 0) is 50.3 Å². The number of rotatable bonds is 4. The van der Waals surface area contributed by atoms with E-state index in [9.17, 15) is 23.1 Å². The van der Waals surface area contributed by atoms with Crippen molar-refractivity contribution in [2.75, 3.05) is 5.32 Å². The molecular weight excluding hydrogens is 383 g/mol. The first-order valence-electron chi connectivity index (χ1n) is 7.70. The molecule has 0 bridgehead atoms. The van der Waals surface area contributed by atoms with Gasteiger partial charge in [0, 0.05) is 11.9 Å². The molecule has 10 heteroatoms. The van der Waals surface area contributed by atoms with Gasteiger partial charge < -0.3 is 15.2 Å². The first-order valence-corrected chi connectivity index (χ1v) is 8.11. The summed E-state index contributed by atoms with van der Waals surface area (Å²) in [5.41, 5.74) is -0.902. The van der Waals surface area contributed by atoms with Crippen molar-refractivity contribution >= 4 is 28.9 Å². The number of aromatic nitrogens is 1. The molecule has 1 heterocycles. The van der Waals surface area contributed by atoms with E-state index in [1.807, 2.05) is 0 Å². The topological polar surface area (TPSA) is 83.5 Å². The molecule has 0 unspecified atom stereocenters. The zero-order valence-corrected chi connectivity index (χ0v) is 15.1. The van der Waals surface area contributed by atoms with Gasteiger partial charge in [-0.15, -0.1) is 0 Å². The SMILES string of the molecule is CC(C)Oc1ccc(NC(=S)NC(=O)c2cncc(O)c2)cc1C(F)(F)F. The molecule has 0 saturated carbocycles. The number of anilines is 1. The molecular formula is C17H16F3N3O3S. The number of alkyl halides is 3. The lowest BCUT2D eigenvalue weighted by Crippen LogP contribution is -2.34. The number of nitrogens with one attached hydrogen (secondary N) is 2. The fourth-order valence-electron chi connectivity index (χ4n) is 2.08. The summed E-state index contributed by atoms with van der Waals surface area (Å²) in [5.74, 6) is -1.19. The van der Waals surface area contributed by atoms with Crippen molar-refractivity contribution in [3.8, 4) is 11.5 Å². The Hall–Kier alpha value is -2.88. The number of pyridine rings is 1. The minimum atomic E-state index is -4.62. The molecule has 0 aliphatic rings. The van der Waals surface area contributed by atoms with E-state index in [1.54, 1.807) is 13.8 Å². The first-order chi connectivity index (χ1) is 12.6. The third kappa shape index (κ3) is 5.81. The van der Waals surface area contributed by atoms with Gasteiger partial charge in [-0.1, -0.05) is 0 Å². The Balaban J connectivity index is 2.14. The quantitative estimate of drug-likeness (QED) is 0.680. The van der Waals surface area contributed by atoms with E-state index in [0.717, 1.165) is 12.3 Å². The van der Waals surface area contributed by atoms with Crippen LogP contribution in [0.2, 0.25) is 0 Å². The molecule has 0 radical (unpaired) electrons. The van der Waals surface area contributed by atoms with Crippen LogP contribution in [0.15, 0.2) is 36.7 Å². The number of ether oxygens (including phenoxy) is 1. The van der Waals surface area contributed by atoms with Gasteiger partial charge in [0.1, 0.15) is 11.5 Å². The summed E-state index contributed by atoms with van der Waals surface area (Å²) in [7, 11) is 0. The average molecular weight is 399 g/mol. The monoisotopic (exact) mass is 399 g/mol. The highest BCUT2D eigenvalue weighted by Gasteiger charge is 2.35. The molecule has 27 heavy (non-hydrogen) atoms. The summed E-state index contributed by atoms with van der Waals surface area (Å²) in [6.07, 6.45) is -2.70. The van der Waals surface area contributed by atoms with Crippen LogP contribution < -0.4 is 15.4 Å². The normalized spacial score (nSPS) is 11.2. The third-order valence-corrected chi connectivity index (χ3v) is 3.32. The van der Waals surface area contributed by atoms with Crippen molar-refractivity contribution in [3.63, 3.8) is 0 Å². The van der Waals surface area contributed by atoms with Crippen LogP contribution in [0.1, 0.15) is 29.8 Å². The summed E-state index contributed by atoms with van der Waals surface area (Å²) < 4.78 is 44.9. The Morgan fingerprint density at radius 2 is 1.96 bits per heavy atom. The van der Waals surface area contributed by atoms with Crippen molar-refractivity contribution in [1.29, 1.82) is 0 Å². The zero-order chi connectivity index (χ0) is 20.2. The molecule has 0 spiro atoms. The highest BCUT2D eigenvalue weighted by atomic mass is 32.1. The van der Waals surface area contributed by atoms with Crippen LogP contribution in [0.4, 0.5) is 18.9 Å². The number of nitrogens with zero attached hydrogens (tertiary/aromatic N) is 1. The molecule has 0 saturated heterocycles. The number of carbonyl (C=O) groups excluding carboxylic acids is 1. The summed E-state index contributed by atoms with van der Waals surface area (Å²) in [5, 5.41) is 13.9. The fourth-order valence-corrected chi connectivity index (χ4v) is 2.29. The van der Waals surface area contributed by atoms with Gasteiger partial charge in [-0.3, -0.25) is 15.1 Å². The number of benzene rings is 1. The van der Waals surface area contributed by atoms with Gasteiger partial charge in [-0.25, -0.2) is 0 Å². The molecule has 1 aromatic heterocycles. The van der Waals surface area contributed by atoms with E-state index in [0.29, 0.717) is 0 Å². The van der Waals surface area contributed by atoms with Gasteiger partial charge in [0.15, 0.2) is 5.11 Å².